The van der Waals surface area contributed by atoms with Crippen molar-refractivity contribution in [1.82, 2.24) is 0 Å². The standard InChI is InChI=1S/C14H11FN2O/c15-14-10(8-16)2-1-3-11(14)9-18-13-6-4-12(17)5-7-13/h1-7H,9,17H2. The number of ether oxygens (including phenoxy) is 1. The quantitative estimate of drug-likeness (QED) is 0.842. The monoisotopic (exact) mass is 242 g/mol. The van der Waals surface area contributed by atoms with Crippen molar-refractivity contribution in [3.05, 3.63) is 59.4 Å². The Bertz CT molecular complexity index is 588. The van der Waals surface area contributed by atoms with Gasteiger partial charge in [0.15, 0.2) is 0 Å². The van der Waals surface area contributed by atoms with E-state index in [4.69, 9.17) is 15.7 Å². The lowest BCUT2D eigenvalue weighted by atomic mass is 10.1. The molecule has 0 aliphatic carbocycles. The summed E-state index contributed by atoms with van der Waals surface area (Å²) in [6.07, 6.45) is 0. The molecule has 0 aliphatic heterocycles. The molecule has 3 nitrogen and oxygen atoms in total. The molecular formula is C14H11FN2O. The molecule has 0 unspecified atom stereocenters. The van der Waals surface area contributed by atoms with Gasteiger partial charge in [-0.05, 0) is 30.3 Å². The summed E-state index contributed by atoms with van der Waals surface area (Å²) in [5, 5.41) is 8.71. The van der Waals surface area contributed by atoms with Crippen molar-refractivity contribution in [3.63, 3.8) is 0 Å². The van der Waals surface area contributed by atoms with Crippen LogP contribution in [-0.4, -0.2) is 0 Å². The molecule has 0 saturated carbocycles. The van der Waals surface area contributed by atoms with Gasteiger partial charge in [-0.1, -0.05) is 12.1 Å². The van der Waals surface area contributed by atoms with E-state index in [2.05, 4.69) is 0 Å². The number of nitrogen functional groups attached to an aromatic ring is 1. The third-order valence-electron chi connectivity index (χ3n) is 2.47. The molecule has 0 saturated heterocycles. The highest BCUT2D eigenvalue weighted by molar-refractivity contribution is 5.41. The lowest BCUT2D eigenvalue weighted by Crippen LogP contribution is -2.00. The Morgan fingerprint density at radius 1 is 1.17 bits per heavy atom. The zero-order valence-electron chi connectivity index (χ0n) is 9.56. The highest BCUT2D eigenvalue weighted by atomic mass is 19.1. The van der Waals surface area contributed by atoms with Gasteiger partial charge < -0.3 is 10.5 Å². The number of nitriles is 1. The molecule has 0 amide bonds. The predicted molar refractivity (Wildman–Crippen MR) is 66.3 cm³/mol. The smallest absolute Gasteiger partial charge is 0.147 e. The van der Waals surface area contributed by atoms with Crippen LogP contribution < -0.4 is 10.5 Å². The lowest BCUT2D eigenvalue weighted by molar-refractivity contribution is 0.300. The van der Waals surface area contributed by atoms with Crippen molar-refractivity contribution < 1.29 is 9.13 Å². The van der Waals surface area contributed by atoms with Crippen molar-refractivity contribution in [2.24, 2.45) is 0 Å². The van der Waals surface area contributed by atoms with Crippen LogP contribution in [0.3, 0.4) is 0 Å². The first kappa shape index (κ1) is 11.9. The number of nitrogens with two attached hydrogens (primary N) is 1. The summed E-state index contributed by atoms with van der Waals surface area (Å²) in [6.45, 7) is 0.0747. The Morgan fingerprint density at radius 3 is 2.56 bits per heavy atom. The summed E-state index contributed by atoms with van der Waals surface area (Å²) < 4.78 is 19.1. The van der Waals surface area contributed by atoms with E-state index in [9.17, 15) is 4.39 Å². The molecule has 18 heavy (non-hydrogen) atoms. The van der Waals surface area contributed by atoms with Crippen molar-refractivity contribution in [3.8, 4) is 11.8 Å². The third kappa shape index (κ3) is 2.58. The average molecular weight is 242 g/mol. The molecule has 4 heteroatoms. The van der Waals surface area contributed by atoms with Crippen molar-refractivity contribution >= 4 is 5.69 Å². The highest BCUT2D eigenvalue weighted by Gasteiger charge is 2.07. The molecule has 0 aromatic heterocycles. The number of hydrogen-bond donors (Lipinski definition) is 1. The van der Waals surface area contributed by atoms with Gasteiger partial charge in [0.2, 0.25) is 0 Å². The van der Waals surface area contributed by atoms with Gasteiger partial charge in [0.25, 0.3) is 0 Å². The fourth-order valence-electron chi connectivity index (χ4n) is 1.50. The van der Waals surface area contributed by atoms with E-state index in [1.807, 2.05) is 0 Å². The van der Waals surface area contributed by atoms with Crippen LogP contribution in [0.4, 0.5) is 10.1 Å². The predicted octanol–water partition coefficient (Wildman–Crippen LogP) is 2.86. The number of nitrogens with zero attached hydrogens (tertiary/aromatic N) is 1. The minimum absolute atomic E-state index is 0.0217. The number of rotatable bonds is 3. The minimum Gasteiger partial charge on any atom is -0.489 e. The van der Waals surface area contributed by atoms with E-state index in [0.717, 1.165) is 0 Å². The summed E-state index contributed by atoms with van der Waals surface area (Å²) in [7, 11) is 0. The van der Waals surface area contributed by atoms with Crippen LogP contribution in [0.25, 0.3) is 0 Å². The average Bonchev–Trinajstić information content (AvgIpc) is 2.39. The molecule has 0 heterocycles. The Balaban J connectivity index is 2.11. The van der Waals surface area contributed by atoms with Gasteiger partial charge >= 0.3 is 0 Å². The zero-order chi connectivity index (χ0) is 13.0. The number of halogens is 1. The van der Waals surface area contributed by atoms with Crippen molar-refractivity contribution in [2.45, 2.75) is 6.61 Å². The van der Waals surface area contributed by atoms with E-state index in [-0.39, 0.29) is 12.2 Å². The van der Waals surface area contributed by atoms with Crippen LogP contribution in [-0.2, 0) is 6.61 Å². The summed E-state index contributed by atoms with van der Waals surface area (Å²) >= 11 is 0. The van der Waals surface area contributed by atoms with Crippen LogP contribution in [0.5, 0.6) is 5.75 Å². The largest absolute Gasteiger partial charge is 0.489 e. The normalized spacial score (nSPS) is 9.78. The second-order valence-corrected chi connectivity index (χ2v) is 3.75. The second kappa shape index (κ2) is 5.19. The van der Waals surface area contributed by atoms with Crippen LogP contribution in [0.2, 0.25) is 0 Å². The second-order valence-electron chi connectivity index (χ2n) is 3.75. The Kier molecular flexibility index (Phi) is 3.44. The maximum absolute atomic E-state index is 13.7. The van der Waals surface area contributed by atoms with E-state index >= 15 is 0 Å². The minimum atomic E-state index is -0.532. The maximum Gasteiger partial charge on any atom is 0.147 e. The third-order valence-corrected chi connectivity index (χ3v) is 2.47. The van der Waals surface area contributed by atoms with Crippen LogP contribution in [0.15, 0.2) is 42.5 Å². The van der Waals surface area contributed by atoms with E-state index in [1.165, 1.54) is 6.07 Å². The van der Waals surface area contributed by atoms with Crippen molar-refractivity contribution in [1.29, 1.82) is 5.26 Å². The molecule has 0 fully saturated rings. The summed E-state index contributed by atoms with van der Waals surface area (Å²) in [4.78, 5) is 0. The first-order valence-electron chi connectivity index (χ1n) is 5.36. The lowest BCUT2D eigenvalue weighted by Gasteiger charge is -2.07. The highest BCUT2D eigenvalue weighted by Crippen LogP contribution is 2.17. The Morgan fingerprint density at radius 2 is 1.89 bits per heavy atom. The fourth-order valence-corrected chi connectivity index (χ4v) is 1.50. The molecule has 2 rings (SSSR count). The van der Waals surface area contributed by atoms with Crippen LogP contribution in [0.1, 0.15) is 11.1 Å². The van der Waals surface area contributed by atoms with Gasteiger partial charge in [-0.2, -0.15) is 5.26 Å². The summed E-state index contributed by atoms with van der Waals surface area (Å²) in [5.74, 6) is 0.0707. The SMILES string of the molecule is N#Cc1cccc(COc2ccc(N)cc2)c1F. The number of hydrogen-bond acceptors (Lipinski definition) is 3. The number of anilines is 1. The van der Waals surface area contributed by atoms with Gasteiger partial charge in [-0.15, -0.1) is 0 Å². The molecule has 2 aromatic carbocycles. The zero-order valence-corrected chi connectivity index (χ0v) is 9.56. The first-order valence-corrected chi connectivity index (χ1v) is 5.36. The Hall–Kier alpha value is -2.54. The van der Waals surface area contributed by atoms with E-state index in [1.54, 1.807) is 42.5 Å². The van der Waals surface area contributed by atoms with Gasteiger partial charge in [-0.25, -0.2) is 4.39 Å². The summed E-state index contributed by atoms with van der Waals surface area (Å²) in [5.41, 5.74) is 6.56. The van der Waals surface area contributed by atoms with E-state index < -0.39 is 5.82 Å². The molecule has 2 aromatic rings. The van der Waals surface area contributed by atoms with Gasteiger partial charge in [0.1, 0.15) is 24.2 Å². The van der Waals surface area contributed by atoms with E-state index in [0.29, 0.717) is 17.0 Å². The van der Waals surface area contributed by atoms with Crippen LogP contribution in [0, 0.1) is 17.1 Å². The van der Waals surface area contributed by atoms with Gasteiger partial charge in [0, 0.05) is 11.3 Å². The molecule has 2 N–H and O–H groups in total. The topological polar surface area (TPSA) is 59.0 Å². The molecule has 90 valence electrons. The molecule has 0 atom stereocenters. The molecule has 0 radical (unpaired) electrons. The Labute approximate surface area is 104 Å². The van der Waals surface area contributed by atoms with Crippen molar-refractivity contribution in [2.75, 3.05) is 5.73 Å². The molecule has 0 spiro atoms. The van der Waals surface area contributed by atoms with Gasteiger partial charge in [0.05, 0.1) is 5.56 Å². The summed E-state index contributed by atoms with van der Waals surface area (Å²) in [6, 6.07) is 13.3. The molecule has 0 bridgehead atoms. The fraction of sp³-hybridized carbons (Fsp3) is 0.0714. The molecule has 0 aliphatic rings. The van der Waals surface area contributed by atoms with Gasteiger partial charge in [-0.3, -0.25) is 0 Å². The maximum atomic E-state index is 13.7. The number of benzene rings is 2. The van der Waals surface area contributed by atoms with Crippen LogP contribution >= 0.6 is 0 Å². The molecular weight excluding hydrogens is 231 g/mol. The first-order chi connectivity index (χ1) is 8.70.